The van der Waals surface area contributed by atoms with Gasteiger partial charge in [0.1, 0.15) is 0 Å². The van der Waals surface area contributed by atoms with Crippen molar-refractivity contribution in [3.05, 3.63) is 41.7 Å². The first kappa shape index (κ1) is 15.7. The summed E-state index contributed by atoms with van der Waals surface area (Å²) in [6.45, 7) is 6.07. The van der Waals surface area contributed by atoms with Gasteiger partial charge in [-0.15, -0.1) is 5.10 Å². The molecule has 1 amide bonds. The van der Waals surface area contributed by atoms with Crippen molar-refractivity contribution in [2.45, 2.75) is 32.8 Å². The zero-order chi connectivity index (χ0) is 16.2. The number of hydrogen-bond donors (Lipinski definition) is 0. The van der Waals surface area contributed by atoms with Crippen LogP contribution in [-0.4, -0.2) is 51.6 Å². The van der Waals surface area contributed by atoms with Crippen molar-refractivity contribution >= 4 is 5.91 Å². The Bertz CT molecular complexity index is 663. The Labute approximate surface area is 136 Å². The highest BCUT2D eigenvalue weighted by atomic mass is 16.5. The lowest BCUT2D eigenvalue weighted by Crippen LogP contribution is -2.43. The van der Waals surface area contributed by atoms with Gasteiger partial charge in [-0.05, 0) is 38.8 Å². The van der Waals surface area contributed by atoms with Crippen molar-refractivity contribution in [3.63, 3.8) is 0 Å². The molecule has 1 aromatic heterocycles. The third kappa shape index (κ3) is 3.59. The summed E-state index contributed by atoms with van der Waals surface area (Å²) in [5.74, 6) is -0.0761. The molecule has 23 heavy (non-hydrogen) atoms. The molecule has 6 nitrogen and oxygen atoms in total. The lowest BCUT2D eigenvalue weighted by Gasteiger charge is -2.31. The van der Waals surface area contributed by atoms with Gasteiger partial charge < -0.3 is 9.64 Å². The minimum absolute atomic E-state index is 0.0761. The van der Waals surface area contributed by atoms with Crippen LogP contribution in [0.2, 0.25) is 0 Å². The van der Waals surface area contributed by atoms with Crippen LogP contribution in [0.3, 0.4) is 0 Å². The zero-order valence-corrected chi connectivity index (χ0v) is 13.6. The van der Waals surface area contributed by atoms with Gasteiger partial charge >= 0.3 is 0 Å². The van der Waals surface area contributed by atoms with Gasteiger partial charge in [0, 0.05) is 19.7 Å². The second kappa shape index (κ2) is 6.91. The molecule has 3 rings (SSSR count). The van der Waals surface area contributed by atoms with Crippen LogP contribution in [-0.2, 0) is 4.74 Å². The Morgan fingerprint density at radius 2 is 2.13 bits per heavy atom. The van der Waals surface area contributed by atoms with E-state index in [-0.39, 0.29) is 12.0 Å². The Morgan fingerprint density at radius 1 is 1.35 bits per heavy atom. The fraction of sp³-hybridized carbons (Fsp3) is 0.471. The molecule has 0 aliphatic carbocycles. The third-order valence-electron chi connectivity index (χ3n) is 4.08. The van der Waals surface area contributed by atoms with E-state index >= 15 is 0 Å². The molecule has 1 saturated heterocycles. The number of nitrogens with zero attached hydrogens (tertiary/aromatic N) is 4. The first-order valence-corrected chi connectivity index (χ1v) is 8.07. The minimum atomic E-state index is -0.0761. The van der Waals surface area contributed by atoms with E-state index in [1.807, 2.05) is 43.0 Å². The summed E-state index contributed by atoms with van der Waals surface area (Å²) >= 11 is 0. The van der Waals surface area contributed by atoms with Gasteiger partial charge in [0.15, 0.2) is 5.69 Å². The molecule has 1 fully saturated rings. The number of likely N-dealkylation sites (tertiary alicyclic amines) is 1. The number of carbonyl (C=O) groups is 1. The lowest BCUT2D eigenvalue weighted by molar-refractivity contribution is 0.00703. The third-order valence-corrected chi connectivity index (χ3v) is 4.08. The number of aromatic nitrogens is 3. The largest absolute Gasteiger partial charge is 0.377 e. The van der Waals surface area contributed by atoms with Crippen LogP contribution in [0, 0.1) is 6.92 Å². The summed E-state index contributed by atoms with van der Waals surface area (Å²) in [6.07, 6.45) is 3.79. The van der Waals surface area contributed by atoms with E-state index in [0.29, 0.717) is 18.8 Å². The van der Waals surface area contributed by atoms with Gasteiger partial charge in [-0.1, -0.05) is 22.9 Å². The maximum Gasteiger partial charge on any atom is 0.276 e. The first-order valence-electron chi connectivity index (χ1n) is 8.07. The second-order valence-corrected chi connectivity index (χ2v) is 5.85. The number of piperidine rings is 1. The van der Waals surface area contributed by atoms with E-state index < -0.39 is 0 Å². The van der Waals surface area contributed by atoms with E-state index in [4.69, 9.17) is 4.74 Å². The molecule has 0 spiro atoms. The Morgan fingerprint density at radius 3 is 2.87 bits per heavy atom. The van der Waals surface area contributed by atoms with Crippen LogP contribution in [0.25, 0.3) is 5.69 Å². The smallest absolute Gasteiger partial charge is 0.276 e. The highest BCUT2D eigenvalue weighted by molar-refractivity contribution is 5.92. The summed E-state index contributed by atoms with van der Waals surface area (Å²) in [7, 11) is 0. The Kier molecular flexibility index (Phi) is 4.71. The van der Waals surface area contributed by atoms with Gasteiger partial charge in [0.25, 0.3) is 5.91 Å². The van der Waals surface area contributed by atoms with Gasteiger partial charge in [-0.25, -0.2) is 4.68 Å². The van der Waals surface area contributed by atoms with Gasteiger partial charge in [0.05, 0.1) is 18.0 Å². The molecule has 2 aromatic rings. The molecular formula is C17H22N4O2. The summed E-state index contributed by atoms with van der Waals surface area (Å²) in [4.78, 5) is 14.4. The van der Waals surface area contributed by atoms with E-state index in [2.05, 4.69) is 10.3 Å². The number of ether oxygens (including phenoxy) is 1. The van der Waals surface area contributed by atoms with Gasteiger partial charge in [-0.3, -0.25) is 4.79 Å². The minimum Gasteiger partial charge on any atom is -0.377 e. The van der Waals surface area contributed by atoms with Crippen molar-refractivity contribution in [1.29, 1.82) is 0 Å². The molecular weight excluding hydrogens is 292 g/mol. The van der Waals surface area contributed by atoms with E-state index in [0.717, 1.165) is 25.1 Å². The number of rotatable bonds is 4. The molecule has 1 aliphatic rings. The van der Waals surface area contributed by atoms with Crippen molar-refractivity contribution < 1.29 is 9.53 Å². The highest BCUT2D eigenvalue weighted by Crippen LogP contribution is 2.16. The summed E-state index contributed by atoms with van der Waals surface area (Å²) in [6, 6.07) is 7.94. The maximum atomic E-state index is 12.6. The number of hydrogen-bond acceptors (Lipinski definition) is 4. The number of benzene rings is 1. The average molecular weight is 314 g/mol. The summed E-state index contributed by atoms with van der Waals surface area (Å²) in [5, 5.41) is 8.12. The van der Waals surface area contributed by atoms with E-state index in [1.54, 1.807) is 10.9 Å². The van der Waals surface area contributed by atoms with Crippen LogP contribution in [0.1, 0.15) is 35.8 Å². The molecule has 1 atom stereocenters. The molecule has 0 radical (unpaired) electrons. The predicted octanol–water partition coefficient (Wildman–Crippen LogP) is 2.22. The Balaban J connectivity index is 1.72. The maximum absolute atomic E-state index is 12.6. The number of amides is 1. The molecule has 1 aromatic carbocycles. The standard InChI is InChI=1S/C17H22N4O2/c1-3-23-15-5-4-10-20(11-15)17(22)16-12-21(19-18-16)14-8-6-13(2)7-9-14/h6-9,12,15H,3-5,10-11H2,1-2H3. The molecule has 6 heteroatoms. The SMILES string of the molecule is CCOC1CCCN(C(=O)c2cn(-c3ccc(C)cc3)nn2)C1. The van der Waals surface area contributed by atoms with Crippen LogP contribution >= 0.6 is 0 Å². The quantitative estimate of drug-likeness (QED) is 0.868. The monoisotopic (exact) mass is 314 g/mol. The topological polar surface area (TPSA) is 60.2 Å². The fourth-order valence-corrected chi connectivity index (χ4v) is 2.84. The van der Waals surface area contributed by atoms with Crippen molar-refractivity contribution in [2.75, 3.05) is 19.7 Å². The van der Waals surface area contributed by atoms with Crippen molar-refractivity contribution in [1.82, 2.24) is 19.9 Å². The van der Waals surface area contributed by atoms with Crippen molar-refractivity contribution in [2.24, 2.45) is 0 Å². The number of aryl methyl sites for hydroxylation is 1. The first-order chi connectivity index (χ1) is 11.2. The van der Waals surface area contributed by atoms with Crippen LogP contribution in [0.15, 0.2) is 30.5 Å². The van der Waals surface area contributed by atoms with Crippen LogP contribution in [0.4, 0.5) is 0 Å². The molecule has 122 valence electrons. The average Bonchev–Trinajstić information content (AvgIpc) is 3.05. The second-order valence-electron chi connectivity index (χ2n) is 5.85. The fourth-order valence-electron chi connectivity index (χ4n) is 2.84. The van der Waals surface area contributed by atoms with Gasteiger partial charge in [0.2, 0.25) is 0 Å². The molecule has 0 N–H and O–H groups in total. The Hall–Kier alpha value is -2.21. The zero-order valence-electron chi connectivity index (χ0n) is 13.6. The number of carbonyl (C=O) groups excluding carboxylic acids is 1. The normalized spacial score (nSPS) is 18.2. The molecule has 0 bridgehead atoms. The highest BCUT2D eigenvalue weighted by Gasteiger charge is 2.26. The van der Waals surface area contributed by atoms with Crippen LogP contribution in [0.5, 0.6) is 0 Å². The summed E-state index contributed by atoms with van der Waals surface area (Å²) in [5.41, 5.74) is 2.45. The molecule has 1 aliphatic heterocycles. The summed E-state index contributed by atoms with van der Waals surface area (Å²) < 4.78 is 7.29. The predicted molar refractivity (Wildman–Crippen MR) is 86.6 cm³/mol. The van der Waals surface area contributed by atoms with Crippen molar-refractivity contribution in [3.8, 4) is 5.69 Å². The lowest BCUT2D eigenvalue weighted by atomic mass is 10.1. The van der Waals surface area contributed by atoms with Gasteiger partial charge in [-0.2, -0.15) is 0 Å². The molecule has 0 saturated carbocycles. The molecule has 1 unspecified atom stereocenters. The van der Waals surface area contributed by atoms with Crippen LogP contribution < -0.4 is 0 Å². The van der Waals surface area contributed by atoms with E-state index in [1.165, 1.54) is 5.56 Å². The van der Waals surface area contributed by atoms with E-state index in [9.17, 15) is 4.79 Å². The molecule has 2 heterocycles.